The summed E-state index contributed by atoms with van der Waals surface area (Å²) in [5.74, 6) is 0. The fourth-order valence-electron chi connectivity index (χ4n) is 2.25. The number of rotatable bonds is 4. The van der Waals surface area contributed by atoms with Crippen LogP contribution < -0.4 is 5.43 Å². The van der Waals surface area contributed by atoms with Gasteiger partial charge in [-0.1, -0.05) is 53.6 Å². The van der Waals surface area contributed by atoms with Gasteiger partial charge in [-0.2, -0.15) is 5.10 Å². The second-order valence-corrected chi connectivity index (χ2v) is 6.51. The van der Waals surface area contributed by atoms with Crippen molar-refractivity contribution in [2.45, 2.75) is 13.8 Å². The predicted octanol–water partition coefficient (Wildman–Crippen LogP) is 5.53. The van der Waals surface area contributed by atoms with Crippen molar-refractivity contribution >= 4 is 34.3 Å². The summed E-state index contributed by atoms with van der Waals surface area (Å²) in [4.78, 5) is 4.52. The van der Waals surface area contributed by atoms with Crippen molar-refractivity contribution in [1.82, 2.24) is 4.98 Å². The average Bonchev–Trinajstić information content (AvgIpc) is 2.98. The molecule has 0 fully saturated rings. The molecule has 0 spiro atoms. The van der Waals surface area contributed by atoms with E-state index in [4.69, 9.17) is 11.6 Å². The zero-order valence-corrected chi connectivity index (χ0v) is 14.4. The Kier molecular flexibility index (Phi) is 4.74. The molecule has 0 atom stereocenters. The lowest BCUT2D eigenvalue weighted by atomic mass is 10.1. The molecular formula is C18H16ClN3S. The van der Waals surface area contributed by atoms with Crippen molar-refractivity contribution in [3.8, 4) is 11.3 Å². The lowest BCUT2D eigenvalue weighted by Crippen LogP contribution is -1.93. The Morgan fingerprint density at radius 1 is 1.17 bits per heavy atom. The van der Waals surface area contributed by atoms with Crippen molar-refractivity contribution < 1.29 is 0 Å². The molecule has 1 aromatic heterocycles. The summed E-state index contributed by atoms with van der Waals surface area (Å²) in [5.41, 5.74) is 8.29. The average molecular weight is 342 g/mol. The maximum atomic E-state index is 6.20. The maximum Gasteiger partial charge on any atom is 0.203 e. The van der Waals surface area contributed by atoms with Crippen LogP contribution in [-0.2, 0) is 0 Å². The largest absolute Gasteiger partial charge is 0.253 e. The van der Waals surface area contributed by atoms with Gasteiger partial charge in [0.1, 0.15) is 0 Å². The molecule has 3 nitrogen and oxygen atoms in total. The Labute approximate surface area is 144 Å². The van der Waals surface area contributed by atoms with Crippen molar-refractivity contribution in [2.75, 3.05) is 5.43 Å². The zero-order valence-electron chi connectivity index (χ0n) is 12.9. The first kappa shape index (κ1) is 15.7. The minimum Gasteiger partial charge on any atom is -0.253 e. The van der Waals surface area contributed by atoms with E-state index < -0.39 is 0 Å². The van der Waals surface area contributed by atoms with E-state index >= 15 is 0 Å². The fourth-order valence-corrected chi connectivity index (χ4v) is 3.14. The molecule has 0 saturated heterocycles. The maximum absolute atomic E-state index is 6.20. The topological polar surface area (TPSA) is 37.3 Å². The summed E-state index contributed by atoms with van der Waals surface area (Å²) in [7, 11) is 0. The molecule has 0 bridgehead atoms. The molecule has 5 heteroatoms. The van der Waals surface area contributed by atoms with Crippen LogP contribution in [0.15, 0.2) is 52.9 Å². The third-order valence-corrected chi connectivity index (χ3v) is 4.52. The standard InChI is InChI=1S/C18H16ClN3S/c1-12-7-8-14(13(2)9-12)10-20-22-18-21-17(11-23-18)15-5-3-4-6-16(15)19/h3-11H,1-2H3,(H,21,22)/b20-10+. The van der Waals surface area contributed by atoms with E-state index in [0.29, 0.717) is 5.02 Å². The second-order valence-electron chi connectivity index (χ2n) is 5.25. The van der Waals surface area contributed by atoms with E-state index in [-0.39, 0.29) is 0 Å². The van der Waals surface area contributed by atoms with Crippen molar-refractivity contribution in [1.29, 1.82) is 0 Å². The van der Waals surface area contributed by atoms with Gasteiger partial charge in [0.15, 0.2) is 0 Å². The monoisotopic (exact) mass is 341 g/mol. The van der Waals surface area contributed by atoms with Gasteiger partial charge in [-0.15, -0.1) is 11.3 Å². The number of anilines is 1. The number of hydrogen-bond donors (Lipinski definition) is 1. The van der Waals surface area contributed by atoms with Crippen molar-refractivity contribution in [3.63, 3.8) is 0 Å². The molecule has 23 heavy (non-hydrogen) atoms. The Morgan fingerprint density at radius 3 is 2.78 bits per heavy atom. The third kappa shape index (κ3) is 3.78. The lowest BCUT2D eigenvalue weighted by Gasteiger charge is -2.01. The van der Waals surface area contributed by atoms with Crippen LogP contribution in [0.2, 0.25) is 5.02 Å². The van der Waals surface area contributed by atoms with Crippen LogP contribution in [0.5, 0.6) is 0 Å². The predicted molar refractivity (Wildman–Crippen MR) is 99.7 cm³/mol. The van der Waals surface area contributed by atoms with Gasteiger partial charge < -0.3 is 0 Å². The number of aromatic nitrogens is 1. The smallest absolute Gasteiger partial charge is 0.203 e. The SMILES string of the molecule is Cc1ccc(/C=N/Nc2nc(-c3ccccc3Cl)cs2)c(C)c1. The van der Waals surface area contributed by atoms with Gasteiger partial charge in [-0.25, -0.2) is 4.98 Å². The molecule has 1 heterocycles. The molecule has 1 N–H and O–H groups in total. The molecule has 2 aromatic carbocycles. The van der Waals surface area contributed by atoms with E-state index in [0.717, 1.165) is 22.0 Å². The number of nitrogens with zero attached hydrogens (tertiary/aromatic N) is 2. The van der Waals surface area contributed by atoms with Gasteiger partial charge in [-0.3, -0.25) is 5.43 Å². The molecule has 0 unspecified atom stereocenters. The van der Waals surface area contributed by atoms with Crippen LogP contribution in [0.1, 0.15) is 16.7 Å². The van der Waals surface area contributed by atoms with E-state index in [9.17, 15) is 0 Å². The Hall–Kier alpha value is -2.17. The summed E-state index contributed by atoms with van der Waals surface area (Å²) >= 11 is 7.70. The first-order valence-electron chi connectivity index (χ1n) is 7.20. The highest BCUT2D eigenvalue weighted by molar-refractivity contribution is 7.14. The van der Waals surface area contributed by atoms with E-state index in [2.05, 4.69) is 47.6 Å². The van der Waals surface area contributed by atoms with E-state index in [1.54, 1.807) is 0 Å². The summed E-state index contributed by atoms with van der Waals surface area (Å²) < 4.78 is 0. The summed E-state index contributed by atoms with van der Waals surface area (Å²) in [6.45, 7) is 4.16. The first-order valence-corrected chi connectivity index (χ1v) is 8.46. The summed E-state index contributed by atoms with van der Waals surface area (Å²) in [6.07, 6.45) is 1.81. The lowest BCUT2D eigenvalue weighted by molar-refractivity contribution is 1.28. The normalized spacial score (nSPS) is 11.1. The highest BCUT2D eigenvalue weighted by Crippen LogP contribution is 2.30. The van der Waals surface area contributed by atoms with Crippen molar-refractivity contribution in [2.24, 2.45) is 5.10 Å². The van der Waals surface area contributed by atoms with Gasteiger partial charge in [0.05, 0.1) is 11.9 Å². The summed E-state index contributed by atoms with van der Waals surface area (Å²) in [6, 6.07) is 14.0. The highest BCUT2D eigenvalue weighted by Gasteiger charge is 2.07. The van der Waals surface area contributed by atoms with Gasteiger partial charge in [0, 0.05) is 16.0 Å². The number of aryl methyl sites for hydroxylation is 2. The number of hydrogen-bond acceptors (Lipinski definition) is 4. The molecule has 0 aliphatic rings. The van der Waals surface area contributed by atoms with E-state index in [1.807, 2.05) is 35.9 Å². The first-order chi connectivity index (χ1) is 11.1. The van der Waals surface area contributed by atoms with Gasteiger partial charge in [-0.05, 0) is 31.0 Å². The van der Waals surface area contributed by atoms with Crippen LogP contribution in [0.25, 0.3) is 11.3 Å². The van der Waals surface area contributed by atoms with Gasteiger partial charge >= 0.3 is 0 Å². The quantitative estimate of drug-likeness (QED) is 0.500. The molecule has 0 aliphatic carbocycles. The summed E-state index contributed by atoms with van der Waals surface area (Å²) in [5, 5.41) is 7.67. The molecule has 0 radical (unpaired) electrons. The number of nitrogens with one attached hydrogen (secondary N) is 1. The van der Waals surface area contributed by atoms with Gasteiger partial charge in [0.25, 0.3) is 0 Å². The van der Waals surface area contributed by atoms with Crippen LogP contribution in [0.3, 0.4) is 0 Å². The molecule has 0 saturated carbocycles. The molecule has 0 amide bonds. The Morgan fingerprint density at radius 2 is 2.00 bits per heavy atom. The minimum absolute atomic E-state index is 0.697. The molecule has 3 rings (SSSR count). The molecule has 0 aliphatic heterocycles. The molecule has 3 aromatic rings. The second kappa shape index (κ2) is 6.94. The fraction of sp³-hybridized carbons (Fsp3) is 0.111. The Bertz CT molecular complexity index is 855. The number of halogens is 1. The zero-order chi connectivity index (χ0) is 16.2. The highest BCUT2D eigenvalue weighted by atomic mass is 35.5. The third-order valence-electron chi connectivity index (χ3n) is 3.44. The van der Waals surface area contributed by atoms with Crippen LogP contribution in [-0.4, -0.2) is 11.2 Å². The number of hydrazone groups is 1. The van der Waals surface area contributed by atoms with Crippen molar-refractivity contribution in [3.05, 3.63) is 69.6 Å². The van der Waals surface area contributed by atoms with Crippen LogP contribution in [0, 0.1) is 13.8 Å². The van der Waals surface area contributed by atoms with Crippen LogP contribution >= 0.6 is 22.9 Å². The molecular weight excluding hydrogens is 326 g/mol. The number of thiazole rings is 1. The minimum atomic E-state index is 0.697. The van der Waals surface area contributed by atoms with Gasteiger partial charge in [0.2, 0.25) is 5.13 Å². The Balaban J connectivity index is 1.72. The molecule has 116 valence electrons. The van der Waals surface area contributed by atoms with E-state index in [1.165, 1.54) is 22.5 Å². The number of benzene rings is 2. The van der Waals surface area contributed by atoms with Crippen LogP contribution in [0.4, 0.5) is 5.13 Å².